The van der Waals surface area contributed by atoms with Crippen LogP contribution in [0.15, 0.2) is 24.8 Å². The van der Waals surface area contributed by atoms with Crippen molar-refractivity contribution in [3.63, 3.8) is 0 Å². The van der Waals surface area contributed by atoms with Gasteiger partial charge in [0.1, 0.15) is 5.82 Å². The van der Waals surface area contributed by atoms with E-state index in [1.165, 1.54) is 12.1 Å². The van der Waals surface area contributed by atoms with Crippen LogP contribution in [0.2, 0.25) is 0 Å². The molecule has 1 aromatic carbocycles. The first kappa shape index (κ1) is 10.7. The molecule has 0 aromatic heterocycles. The van der Waals surface area contributed by atoms with Crippen molar-refractivity contribution < 1.29 is 9.31 Å². The molecule has 0 spiro atoms. The minimum absolute atomic E-state index is 0.0399. The van der Waals surface area contributed by atoms with Gasteiger partial charge in [-0.2, -0.15) is 0 Å². The molecule has 0 saturated heterocycles. The van der Waals surface area contributed by atoms with Crippen molar-refractivity contribution in [3.05, 3.63) is 46.3 Å². The van der Waals surface area contributed by atoms with Gasteiger partial charge in [-0.15, -0.1) is 11.6 Å². The van der Waals surface area contributed by atoms with Crippen LogP contribution in [0.1, 0.15) is 5.56 Å². The van der Waals surface area contributed by atoms with Crippen LogP contribution in [-0.2, 0) is 0 Å². The van der Waals surface area contributed by atoms with Crippen LogP contribution in [0, 0.1) is 15.9 Å². The van der Waals surface area contributed by atoms with Crippen molar-refractivity contribution >= 4 is 22.9 Å². The van der Waals surface area contributed by atoms with E-state index in [1.807, 2.05) is 0 Å². The maximum absolute atomic E-state index is 13.2. The van der Waals surface area contributed by atoms with E-state index >= 15 is 0 Å². The Morgan fingerprint density at radius 2 is 2.29 bits per heavy atom. The van der Waals surface area contributed by atoms with Crippen molar-refractivity contribution in [2.24, 2.45) is 0 Å². The number of hydrogen-bond acceptors (Lipinski definition) is 2. The minimum Gasteiger partial charge on any atom is -0.258 e. The maximum atomic E-state index is 13.2. The fourth-order valence-electron chi connectivity index (χ4n) is 1.08. The standard InChI is InChI=1S/C9H7ClFNO2/c1-6(5-10)9-7(11)3-2-4-8(9)12(13)14/h2-4H,1,5H2. The van der Waals surface area contributed by atoms with Gasteiger partial charge in [0.2, 0.25) is 0 Å². The van der Waals surface area contributed by atoms with Gasteiger partial charge >= 0.3 is 0 Å². The van der Waals surface area contributed by atoms with E-state index in [-0.39, 0.29) is 22.7 Å². The molecular weight excluding hydrogens is 209 g/mol. The predicted molar refractivity (Wildman–Crippen MR) is 52.8 cm³/mol. The summed E-state index contributed by atoms with van der Waals surface area (Å²) >= 11 is 5.45. The molecule has 0 aliphatic rings. The summed E-state index contributed by atoms with van der Waals surface area (Å²) < 4.78 is 13.2. The fraction of sp³-hybridized carbons (Fsp3) is 0.111. The van der Waals surface area contributed by atoms with Gasteiger partial charge in [-0.05, 0) is 11.6 Å². The first-order valence-electron chi connectivity index (χ1n) is 3.75. The number of nitrogens with zero attached hydrogens (tertiary/aromatic N) is 1. The van der Waals surface area contributed by atoms with Crippen LogP contribution in [0.25, 0.3) is 5.57 Å². The smallest absolute Gasteiger partial charge is 0.258 e. The zero-order valence-corrected chi connectivity index (χ0v) is 7.92. The van der Waals surface area contributed by atoms with Gasteiger partial charge in [0.05, 0.1) is 10.5 Å². The van der Waals surface area contributed by atoms with E-state index in [1.54, 1.807) is 0 Å². The largest absolute Gasteiger partial charge is 0.279 e. The summed E-state index contributed by atoms with van der Waals surface area (Å²) in [6.07, 6.45) is 0. The lowest BCUT2D eigenvalue weighted by Gasteiger charge is -2.04. The highest BCUT2D eigenvalue weighted by atomic mass is 35.5. The van der Waals surface area contributed by atoms with Crippen molar-refractivity contribution in [1.82, 2.24) is 0 Å². The summed E-state index contributed by atoms with van der Waals surface area (Å²) in [7, 11) is 0. The summed E-state index contributed by atoms with van der Waals surface area (Å²) in [5, 5.41) is 10.5. The number of rotatable bonds is 3. The van der Waals surface area contributed by atoms with E-state index in [0.717, 1.165) is 6.07 Å². The number of nitro benzene ring substituents is 1. The van der Waals surface area contributed by atoms with Crippen molar-refractivity contribution in [1.29, 1.82) is 0 Å². The normalized spacial score (nSPS) is 9.86. The van der Waals surface area contributed by atoms with Crippen LogP contribution in [0.3, 0.4) is 0 Å². The molecule has 0 N–H and O–H groups in total. The van der Waals surface area contributed by atoms with Gasteiger partial charge in [0.25, 0.3) is 5.69 Å². The number of allylic oxidation sites excluding steroid dienone is 1. The molecule has 0 aliphatic heterocycles. The number of nitro groups is 1. The van der Waals surface area contributed by atoms with Crippen molar-refractivity contribution in [2.45, 2.75) is 0 Å². The number of halogens is 2. The van der Waals surface area contributed by atoms with E-state index in [9.17, 15) is 14.5 Å². The van der Waals surface area contributed by atoms with E-state index in [2.05, 4.69) is 6.58 Å². The van der Waals surface area contributed by atoms with Gasteiger partial charge in [-0.3, -0.25) is 10.1 Å². The minimum atomic E-state index is -0.676. The Balaban J connectivity index is 3.36. The van der Waals surface area contributed by atoms with Crippen molar-refractivity contribution in [3.8, 4) is 0 Å². The molecule has 0 unspecified atom stereocenters. The molecular formula is C9H7ClFNO2. The highest BCUT2D eigenvalue weighted by Gasteiger charge is 2.19. The third-order valence-electron chi connectivity index (χ3n) is 1.70. The Labute approximate surface area is 85.0 Å². The van der Waals surface area contributed by atoms with Gasteiger partial charge in [0.15, 0.2) is 0 Å². The molecule has 3 nitrogen and oxygen atoms in total. The molecule has 0 saturated carbocycles. The number of alkyl halides is 1. The maximum Gasteiger partial charge on any atom is 0.279 e. The highest BCUT2D eigenvalue weighted by Crippen LogP contribution is 2.27. The van der Waals surface area contributed by atoms with Gasteiger partial charge in [-0.25, -0.2) is 4.39 Å². The van der Waals surface area contributed by atoms with Gasteiger partial charge in [-0.1, -0.05) is 12.6 Å². The summed E-state index contributed by atoms with van der Waals surface area (Å²) in [5.74, 6) is -0.716. The molecule has 0 amide bonds. The molecule has 0 heterocycles. The summed E-state index contributed by atoms with van der Waals surface area (Å²) in [4.78, 5) is 9.89. The average molecular weight is 216 g/mol. The first-order valence-corrected chi connectivity index (χ1v) is 4.28. The quantitative estimate of drug-likeness (QED) is 0.442. The molecule has 0 fully saturated rings. The zero-order chi connectivity index (χ0) is 10.7. The molecule has 5 heteroatoms. The SMILES string of the molecule is C=C(CCl)c1c(F)cccc1[N+](=O)[O-]. The summed E-state index contributed by atoms with van der Waals surface area (Å²) in [5.41, 5.74) is -0.223. The molecule has 0 radical (unpaired) electrons. The lowest BCUT2D eigenvalue weighted by molar-refractivity contribution is -0.385. The lowest BCUT2D eigenvalue weighted by Crippen LogP contribution is -1.98. The monoisotopic (exact) mass is 215 g/mol. The van der Waals surface area contributed by atoms with Gasteiger partial charge in [0, 0.05) is 11.9 Å². The zero-order valence-electron chi connectivity index (χ0n) is 7.17. The van der Waals surface area contributed by atoms with Gasteiger partial charge < -0.3 is 0 Å². The van der Waals surface area contributed by atoms with E-state index in [4.69, 9.17) is 11.6 Å². The van der Waals surface area contributed by atoms with Crippen LogP contribution >= 0.6 is 11.6 Å². The topological polar surface area (TPSA) is 43.1 Å². The molecule has 0 aliphatic carbocycles. The molecule has 74 valence electrons. The van der Waals surface area contributed by atoms with Crippen LogP contribution in [0.4, 0.5) is 10.1 Å². The Morgan fingerprint density at radius 3 is 2.79 bits per heavy atom. The second-order valence-electron chi connectivity index (χ2n) is 2.63. The molecule has 0 atom stereocenters. The van der Waals surface area contributed by atoms with Crippen molar-refractivity contribution in [2.75, 3.05) is 5.88 Å². The van der Waals surface area contributed by atoms with Crippen LogP contribution in [-0.4, -0.2) is 10.8 Å². The molecule has 14 heavy (non-hydrogen) atoms. The fourth-order valence-corrected chi connectivity index (χ4v) is 1.22. The third kappa shape index (κ3) is 1.90. The third-order valence-corrected chi connectivity index (χ3v) is 2.03. The Kier molecular flexibility index (Phi) is 3.19. The van der Waals surface area contributed by atoms with E-state index < -0.39 is 10.7 Å². The molecule has 0 bridgehead atoms. The molecule has 1 aromatic rings. The Hall–Kier alpha value is -1.42. The number of benzene rings is 1. The Bertz CT molecular complexity index is 392. The second-order valence-corrected chi connectivity index (χ2v) is 2.90. The highest BCUT2D eigenvalue weighted by molar-refractivity contribution is 6.23. The van der Waals surface area contributed by atoms with Crippen LogP contribution < -0.4 is 0 Å². The average Bonchev–Trinajstić information content (AvgIpc) is 2.16. The molecule has 1 rings (SSSR count). The summed E-state index contributed by atoms with van der Waals surface area (Å²) in [6, 6.07) is 3.63. The van der Waals surface area contributed by atoms with E-state index in [0.29, 0.717) is 0 Å². The number of hydrogen-bond donors (Lipinski definition) is 0. The second kappa shape index (κ2) is 4.19. The first-order chi connectivity index (χ1) is 6.57. The van der Waals surface area contributed by atoms with Crippen LogP contribution in [0.5, 0.6) is 0 Å². The summed E-state index contributed by atoms with van der Waals surface area (Å²) in [6.45, 7) is 3.47. The predicted octanol–water partition coefficient (Wildman–Crippen LogP) is 2.99. The lowest BCUT2D eigenvalue weighted by atomic mass is 10.1. The Morgan fingerprint density at radius 1 is 1.64 bits per heavy atom.